The molecule has 2 heteroatoms. The summed E-state index contributed by atoms with van der Waals surface area (Å²) in [6.07, 6.45) is 10.1. The molecule has 0 heterocycles. The number of hydrogen-bond acceptors (Lipinski definition) is 2. The van der Waals surface area contributed by atoms with Gasteiger partial charge in [0.2, 0.25) is 0 Å². The van der Waals surface area contributed by atoms with Gasteiger partial charge in [0.25, 0.3) is 0 Å². The summed E-state index contributed by atoms with van der Waals surface area (Å²) in [4.78, 5) is 24.4. The van der Waals surface area contributed by atoms with Crippen LogP contribution in [-0.4, -0.2) is 11.6 Å². The van der Waals surface area contributed by atoms with Crippen molar-refractivity contribution in [1.29, 1.82) is 0 Å². The first-order valence-electron chi connectivity index (χ1n) is 8.70. The second kappa shape index (κ2) is 4.30. The second-order valence-corrected chi connectivity index (χ2v) is 8.40. The normalized spacial score (nSPS) is 49.2. The van der Waals surface area contributed by atoms with Crippen molar-refractivity contribution < 1.29 is 9.59 Å². The molecular formula is C19H26O2. The number of carbonyl (C=O) groups is 2. The van der Waals surface area contributed by atoms with Gasteiger partial charge in [-0.2, -0.15) is 0 Å². The maximum absolute atomic E-state index is 12.4. The highest BCUT2D eigenvalue weighted by molar-refractivity contribution is 5.87. The minimum Gasteiger partial charge on any atom is -0.299 e. The molecule has 0 saturated heterocycles. The van der Waals surface area contributed by atoms with E-state index < -0.39 is 0 Å². The number of ketones is 2. The van der Waals surface area contributed by atoms with E-state index in [2.05, 4.69) is 19.9 Å². The molecule has 0 spiro atoms. The number of hydrogen-bond donors (Lipinski definition) is 0. The van der Waals surface area contributed by atoms with Crippen molar-refractivity contribution in [1.82, 2.24) is 0 Å². The number of Topliss-reactive ketones (excluding diaryl/α,β-unsaturated/α-hetero) is 2. The summed E-state index contributed by atoms with van der Waals surface area (Å²) < 4.78 is 0. The smallest absolute Gasteiger partial charge is 0.139 e. The summed E-state index contributed by atoms with van der Waals surface area (Å²) in [5, 5.41) is 0. The Morgan fingerprint density at radius 3 is 2.57 bits per heavy atom. The van der Waals surface area contributed by atoms with Gasteiger partial charge in [-0.25, -0.2) is 0 Å². The zero-order valence-electron chi connectivity index (χ0n) is 13.3. The van der Waals surface area contributed by atoms with Crippen molar-refractivity contribution in [3.63, 3.8) is 0 Å². The van der Waals surface area contributed by atoms with Crippen LogP contribution in [-0.2, 0) is 9.59 Å². The molecule has 0 aliphatic heterocycles. The van der Waals surface area contributed by atoms with E-state index in [-0.39, 0.29) is 10.8 Å². The Morgan fingerprint density at radius 1 is 1.00 bits per heavy atom. The molecule has 4 aliphatic carbocycles. The van der Waals surface area contributed by atoms with Gasteiger partial charge in [0, 0.05) is 24.7 Å². The van der Waals surface area contributed by atoms with Gasteiger partial charge in [0.15, 0.2) is 0 Å². The molecule has 2 nitrogen and oxygen atoms in total. The first-order chi connectivity index (χ1) is 9.95. The molecule has 0 unspecified atom stereocenters. The second-order valence-electron chi connectivity index (χ2n) is 8.40. The molecule has 21 heavy (non-hydrogen) atoms. The topological polar surface area (TPSA) is 34.1 Å². The van der Waals surface area contributed by atoms with E-state index in [9.17, 15) is 9.59 Å². The van der Waals surface area contributed by atoms with Gasteiger partial charge in [-0.3, -0.25) is 9.59 Å². The monoisotopic (exact) mass is 286 g/mol. The highest BCUT2D eigenvalue weighted by atomic mass is 16.1. The summed E-state index contributed by atoms with van der Waals surface area (Å²) in [7, 11) is 0. The molecule has 0 amide bonds. The molecule has 4 rings (SSSR count). The first-order valence-corrected chi connectivity index (χ1v) is 8.70. The van der Waals surface area contributed by atoms with Gasteiger partial charge in [-0.15, -0.1) is 0 Å². The van der Waals surface area contributed by atoms with E-state index in [0.717, 1.165) is 38.5 Å². The van der Waals surface area contributed by atoms with Crippen LogP contribution < -0.4 is 0 Å². The Balaban J connectivity index is 1.71. The first kappa shape index (κ1) is 13.7. The van der Waals surface area contributed by atoms with Crippen molar-refractivity contribution in [2.75, 3.05) is 0 Å². The minimum atomic E-state index is -0.0442. The Hall–Kier alpha value is -0.920. The summed E-state index contributed by atoms with van der Waals surface area (Å²) in [6.45, 7) is 4.56. The maximum atomic E-state index is 12.4. The predicted octanol–water partition coefficient (Wildman–Crippen LogP) is 4.09. The maximum Gasteiger partial charge on any atom is 0.139 e. The molecule has 5 atom stereocenters. The molecule has 114 valence electrons. The highest BCUT2D eigenvalue weighted by Crippen LogP contribution is 2.64. The summed E-state index contributed by atoms with van der Waals surface area (Å²) in [6, 6.07) is 0. The average molecular weight is 286 g/mol. The van der Waals surface area contributed by atoms with Crippen molar-refractivity contribution >= 4 is 11.6 Å². The Bertz CT molecular complexity index is 546. The lowest BCUT2D eigenvalue weighted by Gasteiger charge is -2.56. The van der Waals surface area contributed by atoms with Crippen LogP contribution in [0.3, 0.4) is 0 Å². The number of fused-ring (bicyclic) bond motifs is 5. The van der Waals surface area contributed by atoms with Crippen LogP contribution in [0.25, 0.3) is 0 Å². The number of allylic oxidation sites excluding steroid dienone is 2. The van der Waals surface area contributed by atoms with Gasteiger partial charge in [0.1, 0.15) is 11.6 Å². The molecule has 0 N–H and O–H groups in total. The van der Waals surface area contributed by atoms with Crippen LogP contribution in [0, 0.1) is 28.6 Å². The third-order valence-electron chi connectivity index (χ3n) is 7.59. The van der Waals surface area contributed by atoms with Crippen LogP contribution in [0.4, 0.5) is 0 Å². The molecule has 4 aliphatic rings. The highest BCUT2D eigenvalue weighted by Gasteiger charge is 2.59. The largest absolute Gasteiger partial charge is 0.299 e. The van der Waals surface area contributed by atoms with Crippen LogP contribution in [0.15, 0.2) is 11.6 Å². The molecule has 3 saturated carbocycles. The van der Waals surface area contributed by atoms with E-state index in [4.69, 9.17) is 0 Å². The fourth-order valence-corrected chi connectivity index (χ4v) is 6.40. The molecule has 0 bridgehead atoms. The zero-order chi connectivity index (χ0) is 14.8. The van der Waals surface area contributed by atoms with Crippen LogP contribution in [0.5, 0.6) is 0 Å². The SMILES string of the molecule is C[C@]12CC(=O)CC=C1CC[C@@H]1[C@@H]2CC[C@]2(C)C(=O)CC[C@@H]12. The van der Waals surface area contributed by atoms with E-state index in [0.29, 0.717) is 35.7 Å². The lowest BCUT2D eigenvalue weighted by Crippen LogP contribution is -2.50. The summed E-state index contributed by atoms with van der Waals surface area (Å²) in [5.41, 5.74) is 1.61. The molecule has 3 fully saturated rings. The van der Waals surface area contributed by atoms with Gasteiger partial charge >= 0.3 is 0 Å². The van der Waals surface area contributed by atoms with E-state index in [1.54, 1.807) is 5.57 Å². The average Bonchev–Trinajstić information content (AvgIpc) is 2.74. The zero-order valence-corrected chi connectivity index (χ0v) is 13.3. The quantitative estimate of drug-likeness (QED) is 0.629. The van der Waals surface area contributed by atoms with Crippen molar-refractivity contribution in [2.45, 2.75) is 65.2 Å². The lowest BCUT2D eigenvalue weighted by molar-refractivity contribution is -0.134. The summed E-state index contributed by atoms with van der Waals surface area (Å²) in [5.74, 6) is 2.81. The fourth-order valence-electron chi connectivity index (χ4n) is 6.40. The third kappa shape index (κ3) is 1.71. The van der Waals surface area contributed by atoms with E-state index in [1.807, 2.05) is 0 Å². The molecule has 0 aromatic carbocycles. The minimum absolute atomic E-state index is 0.0442. The van der Waals surface area contributed by atoms with Gasteiger partial charge < -0.3 is 0 Å². The van der Waals surface area contributed by atoms with Crippen LogP contribution >= 0.6 is 0 Å². The molecule has 0 radical (unpaired) electrons. The van der Waals surface area contributed by atoms with Crippen molar-refractivity contribution in [2.24, 2.45) is 28.6 Å². The molecule has 0 aromatic rings. The van der Waals surface area contributed by atoms with Crippen LogP contribution in [0.1, 0.15) is 65.2 Å². The Labute approximate surface area is 127 Å². The van der Waals surface area contributed by atoms with Crippen molar-refractivity contribution in [3.05, 3.63) is 11.6 Å². The van der Waals surface area contributed by atoms with Gasteiger partial charge in [-0.05, 0) is 55.3 Å². The third-order valence-corrected chi connectivity index (χ3v) is 7.59. The van der Waals surface area contributed by atoms with Gasteiger partial charge in [-0.1, -0.05) is 25.5 Å². The molecule has 0 aromatic heterocycles. The van der Waals surface area contributed by atoms with Crippen LogP contribution in [0.2, 0.25) is 0 Å². The fraction of sp³-hybridized carbons (Fsp3) is 0.789. The lowest BCUT2D eigenvalue weighted by atomic mass is 9.47. The van der Waals surface area contributed by atoms with Crippen molar-refractivity contribution in [3.8, 4) is 0 Å². The van der Waals surface area contributed by atoms with E-state index >= 15 is 0 Å². The number of rotatable bonds is 0. The van der Waals surface area contributed by atoms with E-state index in [1.165, 1.54) is 6.42 Å². The summed E-state index contributed by atoms with van der Waals surface area (Å²) >= 11 is 0. The number of carbonyl (C=O) groups excluding carboxylic acids is 2. The predicted molar refractivity (Wildman–Crippen MR) is 81.7 cm³/mol. The molecular weight excluding hydrogens is 260 g/mol. The Morgan fingerprint density at radius 2 is 1.76 bits per heavy atom. The van der Waals surface area contributed by atoms with Gasteiger partial charge in [0.05, 0.1) is 0 Å². The Kier molecular flexibility index (Phi) is 2.81. The standard InChI is InChI=1S/C19H26O2/c1-18-10-9-16-14(15(18)7-8-17(18)21)6-4-12-3-5-13(20)11-19(12,16)2/h3,14-16H,4-11H2,1-2H3/t14-,15-,16-,18-,19-/m0/s1.